The molecule has 0 atom stereocenters. The van der Waals surface area contributed by atoms with Crippen LogP contribution in [0.5, 0.6) is 0 Å². The summed E-state index contributed by atoms with van der Waals surface area (Å²) in [5.41, 5.74) is 1.58. The van der Waals surface area contributed by atoms with Crippen molar-refractivity contribution in [3.05, 3.63) is 24.0 Å². The van der Waals surface area contributed by atoms with Gasteiger partial charge in [0.25, 0.3) is 5.91 Å². The summed E-state index contributed by atoms with van der Waals surface area (Å²) in [6.07, 6.45) is 3.91. The molecule has 0 radical (unpaired) electrons. The number of rotatable bonds is 8. The Hall–Kier alpha value is -1.58. The van der Waals surface area contributed by atoms with Crippen LogP contribution >= 0.6 is 0 Å². The Balaban J connectivity index is 2.80. The first kappa shape index (κ1) is 16.5. The summed E-state index contributed by atoms with van der Waals surface area (Å²) in [7, 11) is 0. The first-order valence-electron chi connectivity index (χ1n) is 7.57. The van der Waals surface area contributed by atoms with Gasteiger partial charge in [-0.15, -0.1) is 0 Å². The number of carbonyl (C=O) groups is 1. The van der Waals surface area contributed by atoms with E-state index in [0.29, 0.717) is 18.2 Å². The van der Waals surface area contributed by atoms with Gasteiger partial charge in [0, 0.05) is 31.5 Å². The fourth-order valence-electron chi connectivity index (χ4n) is 2.04. The average Bonchev–Trinajstić information content (AvgIpc) is 2.44. The fourth-order valence-corrected chi connectivity index (χ4v) is 2.04. The number of nitrogens with zero attached hydrogens (tertiary/aromatic N) is 2. The number of hydrogen-bond donors (Lipinski definition) is 1. The van der Waals surface area contributed by atoms with Gasteiger partial charge in [0.1, 0.15) is 5.69 Å². The molecule has 0 bridgehead atoms. The van der Waals surface area contributed by atoms with Crippen molar-refractivity contribution in [2.45, 2.75) is 40.5 Å². The van der Waals surface area contributed by atoms with Crippen molar-refractivity contribution in [3.63, 3.8) is 0 Å². The van der Waals surface area contributed by atoms with E-state index in [1.54, 1.807) is 6.20 Å². The van der Waals surface area contributed by atoms with E-state index in [1.165, 1.54) is 0 Å². The van der Waals surface area contributed by atoms with Gasteiger partial charge in [-0.2, -0.15) is 0 Å². The Morgan fingerprint density at radius 2 is 1.95 bits per heavy atom. The molecule has 1 aromatic heterocycles. The Morgan fingerprint density at radius 1 is 1.30 bits per heavy atom. The lowest BCUT2D eigenvalue weighted by Gasteiger charge is -2.24. The molecule has 1 N–H and O–H groups in total. The standard InChI is InChI=1S/C16H27N3O/c1-5-9-19(10-6-2)14-7-8-17-15(11-14)16(20)18-12-13(3)4/h7-8,11,13H,5-6,9-10,12H2,1-4H3,(H,18,20). The van der Waals surface area contributed by atoms with Crippen molar-refractivity contribution in [2.75, 3.05) is 24.5 Å². The largest absolute Gasteiger partial charge is 0.371 e. The van der Waals surface area contributed by atoms with Crippen molar-refractivity contribution in [1.82, 2.24) is 10.3 Å². The molecule has 4 heteroatoms. The van der Waals surface area contributed by atoms with Crippen molar-refractivity contribution < 1.29 is 4.79 Å². The summed E-state index contributed by atoms with van der Waals surface area (Å²) < 4.78 is 0. The van der Waals surface area contributed by atoms with Crippen LogP contribution in [0.15, 0.2) is 18.3 Å². The van der Waals surface area contributed by atoms with Gasteiger partial charge in [0.05, 0.1) is 0 Å². The average molecular weight is 277 g/mol. The van der Waals surface area contributed by atoms with E-state index in [1.807, 2.05) is 12.1 Å². The molecule has 4 nitrogen and oxygen atoms in total. The minimum Gasteiger partial charge on any atom is -0.371 e. The van der Waals surface area contributed by atoms with Gasteiger partial charge < -0.3 is 10.2 Å². The molecule has 1 aromatic rings. The van der Waals surface area contributed by atoms with Gasteiger partial charge in [0.15, 0.2) is 0 Å². The zero-order chi connectivity index (χ0) is 15.0. The lowest BCUT2D eigenvalue weighted by Crippen LogP contribution is -2.29. The summed E-state index contributed by atoms with van der Waals surface area (Å²) in [6, 6.07) is 3.87. The molecular weight excluding hydrogens is 250 g/mol. The number of carbonyl (C=O) groups excluding carboxylic acids is 1. The predicted octanol–water partition coefficient (Wildman–Crippen LogP) is 3.09. The Kier molecular flexibility index (Phi) is 7.05. The van der Waals surface area contributed by atoms with Crippen LogP contribution in [0.1, 0.15) is 51.0 Å². The van der Waals surface area contributed by atoms with Crippen LogP contribution in [0.2, 0.25) is 0 Å². The highest BCUT2D eigenvalue weighted by atomic mass is 16.1. The second-order valence-corrected chi connectivity index (χ2v) is 5.49. The SMILES string of the molecule is CCCN(CCC)c1ccnc(C(=O)NCC(C)C)c1. The monoisotopic (exact) mass is 277 g/mol. The topological polar surface area (TPSA) is 45.2 Å². The zero-order valence-electron chi connectivity index (χ0n) is 13.1. The Labute approximate surface area is 122 Å². The molecule has 0 unspecified atom stereocenters. The molecule has 0 aliphatic carbocycles. The van der Waals surface area contributed by atoms with E-state index in [-0.39, 0.29) is 5.91 Å². The van der Waals surface area contributed by atoms with Crippen LogP contribution in [-0.4, -0.2) is 30.5 Å². The Bertz CT molecular complexity index is 412. The molecule has 0 fully saturated rings. The molecular formula is C16H27N3O. The van der Waals surface area contributed by atoms with Gasteiger partial charge in [-0.25, -0.2) is 0 Å². The number of aromatic nitrogens is 1. The van der Waals surface area contributed by atoms with E-state index < -0.39 is 0 Å². The second kappa shape index (κ2) is 8.56. The van der Waals surface area contributed by atoms with Crippen LogP contribution < -0.4 is 10.2 Å². The number of pyridine rings is 1. The van der Waals surface area contributed by atoms with Crippen molar-refractivity contribution >= 4 is 11.6 Å². The number of nitrogens with one attached hydrogen (secondary N) is 1. The van der Waals surface area contributed by atoms with Crippen LogP contribution in [-0.2, 0) is 0 Å². The third-order valence-corrected chi connectivity index (χ3v) is 3.00. The fraction of sp³-hybridized carbons (Fsp3) is 0.625. The van der Waals surface area contributed by atoms with Gasteiger partial charge in [-0.3, -0.25) is 9.78 Å². The minimum atomic E-state index is -0.0894. The number of anilines is 1. The van der Waals surface area contributed by atoms with Crippen LogP contribution in [0.3, 0.4) is 0 Å². The Morgan fingerprint density at radius 3 is 2.50 bits per heavy atom. The minimum absolute atomic E-state index is 0.0894. The number of hydrogen-bond acceptors (Lipinski definition) is 3. The van der Waals surface area contributed by atoms with Gasteiger partial charge >= 0.3 is 0 Å². The van der Waals surface area contributed by atoms with Crippen molar-refractivity contribution in [3.8, 4) is 0 Å². The smallest absolute Gasteiger partial charge is 0.269 e. The summed E-state index contributed by atoms with van der Waals surface area (Å²) in [4.78, 5) is 18.5. The first-order valence-corrected chi connectivity index (χ1v) is 7.57. The molecule has 0 saturated carbocycles. The molecule has 1 rings (SSSR count). The van der Waals surface area contributed by atoms with Crippen molar-refractivity contribution in [2.24, 2.45) is 5.92 Å². The lowest BCUT2D eigenvalue weighted by molar-refractivity contribution is 0.0944. The maximum atomic E-state index is 12.0. The van der Waals surface area contributed by atoms with Gasteiger partial charge in [0.2, 0.25) is 0 Å². The first-order chi connectivity index (χ1) is 9.58. The molecule has 0 saturated heterocycles. The molecule has 0 aromatic carbocycles. The zero-order valence-corrected chi connectivity index (χ0v) is 13.1. The van der Waals surface area contributed by atoms with Crippen LogP contribution in [0.25, 0.3) is 0 Å². The normalized spacial score (nSPS) is 10.7. The number of amides is 1. The molecule has 0 aliphatic heterocycles. The van der Waals surface area contributed by atoms with Gasteiger partial charge in [-0.1, -0.05) is 27.7 Å². The van der Waals surface area contributed by atoms with Crippen LogP contribution in [0.4, 0.5) is 5.69 Å². The summed E-state index contributed by atoms with van der Waals surface area (Å²) >= 11 is 0. The van der Waals surface area contributed by atoms with E-state index in [4.69, 9.17) is 0 Å². The highest BCUT2D eigenvalue weighted by molar-refractivity contribution is 5.93. The third kappa shape index (κ3) is 5.19. The molecule has 0 spiro atoms. The highest BCUT2D eigenvalue weighted by Crippen LogP contribution is 2.15. The van der Waals surface area contributed by atoms with E-state index >= 15 is 0 Å². The molecule has 0 aliphatic rings. The summed E-state index contributed by atoms with van der Waals surface area (Å²) in [5, 5.41) is 2.91. The van der Waals surface area contributed by atoms with E-state index in [2.05, 4.69) is 42.9 Å². The van der Waals surface area contributed by atoms with Crippen molar-refractivity contribution in [1.29, 1.82) is 0 Å². The lowest BCUT2D eigenvalue weighted by atomic mass is 10.2. The molecule has 1 amide bonds. The molecule has 1 heterocycles. The van der Waals surface area contributed by atoms with E-state index in [0.717, 1.165) is 31.6 Å². The third-order valence-electron chi connectivity index (χ3n) is 3.00. The van der Waals surface area contributed by atoms with E-state index in [9.17, 15) is 4.79 Å². The van der Waals surface area contributed by atoms with Gasteiger partial charge in [-0.05, 0) is 30.9 Å². The highest BCUT2D eigenvalue weighted by Gasteiger charge is 2.11. The molecule has 112 valence electrons. The summed E-state index contributed by atoms with van der Waals surface area (Å²) in [6.45, 7) is 11.2. The molecule has 20 heavy (non-hydrogen) atoms. The second-order valence-electron chi connectivity index (χ2n) is 5.49. The predicted molar refractivity (Wildman–Crippen MR) is 84.2 cm³/mol. The summed E-state index contributed by atoms with van der Waals surface area (Å²) in [5.74, 6) is 0.354. The maximum absolute atomic E-state index is 12.0. The maximum Gasteiger partial charge on any atom is 0.269 e. The quantitative estimate of drug-likeness (QED) is 0.794. The van der Waals surface area contributed by atoms with Crippen LogP contribution in [0, 0.1) is 5.92 Å².